The highest BCUT2D eigenvalue weighted by Crippen LogP contribution is 2.35. The van der Waals surface area contributed by atoms with Crippen LogP contribution in [0.5, 0.6) is 0 Å². The predicted octanol–water partition coefficient (Wildman–Crippen LogP) is 2.16. The molecule has 0 bridgehead atoms. The van der Waals surface area contributed by atoms with E-state index in [9.17, 15) is 4.79 Å². The lowest BCUT2D eigenvalue weighted by molar-refractivity contribution is 0.0677. The Balaban J connectivity index is 1.74. The van der Waals surface area contributed by atoms with Gasteiger partial charge in [0.1, 0.15) is 5.82 Å². The fraction of sp³-hybridized carbons (Fsp3) is 0.786. The summed E-state index contributed by atoms with van der Waals surface area (Å²) in [6.45, 7) is 2.88. The predicted molar refractivity (Wildman–Crippen MR) is 71.8 cm³/mol. The Bertz CT molecular complexity index is 450. The molecule has 1 unspecified atom stereocenters. The fourth-order valence-electron chi connectivity index (χ4n) is 3.55. The summed E-state index contributed by atoms with van der Waals surface area (Å²) in [7, 11) is 0. The van der Waals surface area contributed by atoms with Crippen molar-refractivity contribution >= 4 is 5.91 Å². The summed E-state index contributed by atoms with van der Waals surface area (Å²) in [6, 6.07) is 0.429. The molecule has 104 valence electrons. The number of nitrogens with one attached hydrogen (secondary N) is 1. The van der Waals surface area contributed by atoms with Crippen LogP contribution in [0.15, 0.2) is 0 Å². The van der Waals surface area contributed by atoms with Crippen molar-refractivity contribution < 1.29 is 4.79 Å². The van der Waals surface area contributed by atoms with Crippen molar-refractivity contribution in [2.45, 2.75) is 57.9 Å². The molecule has 1 saturated heterocycles. The molecule has 2 heterocycles. The van der Waals surface area contributed by atoms with E-state index in [2.05, 4.69) is 15.2 Å². The lowest BCUT2D eigenvalue weighted by Crippen LogP contribution is -2.39. The molecule has 1 aliphatic heterocycles. The van der Waals surface area contributed by atoms with Gasteiger partial charge in [0.2, 0.25) is 5.82 Å². The van der Waals surface area contributed by atoms with Crippen molar-refractivity contribution in [3.05, 3.63) is 11.6 Å². The van der Waals surface area contributed by atoms with Crippen LogP contribution in [0.3, 0.4) is 0 Å². The molecule has 1 aromatic rings. The van der Waals surface area contributed by atoms with Gasteiger partial charge in [-0.25, -0.2) is 4.98 Å². The number of H-pyrrole nitrogens is 1. The van der Waals surface area contributed by atoms with Crippen LogP contribution in [-0.2, 0) is 6.42 Å². The van der Waals surface area contributed by atoms with E-state index in [1.54, 1.807) is 0 Å². The number of hydrogen-bond donors (Lipinski definition) is 1. The maximum atomic E-state index is 12.5. The molecule has 1 saturated carbocycles. The monoisotopic (exact) mass is 262 g/mol. The van der Waals surface area contributed by atoms with Crippen molar-refractivity contribution in [2.75, 3.05) is 6.54 Å². The van der Waals surface area contributed by atoms with Gasteiger partial charge in [0.25, 0.3) is 5.91 Å². The highest BCUT2D eigenvalue weighted by Gasteiger charge is 2.37. The molecule has 3 rings (SSSR count). The number of carbonyl (C=O) groups excluding carboxylic acids is 1. The van der Waals surface area contributed by atoms with Crippen LogP contribution in [-0.4, -0.2) is 38.6 Å². The third-order valence-corrected chi connectivity index (χ3v) is 4.56. The average molecular weight is 262 g/mol. The first-order chi connectivity index (χ1) is 9.29. The molecule has 2 fully saturated rings. The van der Waals surface area contributed by atoms with Gasteiger partial charge in [-0.2, -0.15) is 0 Å². The number of hydrogen-bond acceptors (Lipinski definition) is 3. The number of likely N-dealkylation sites (tertiary alicyclic amines) is 1. The quantitative estimate of drug-likeness (QED) is 0.908. The largest absolute Gasteiger partial charge is 0.333 e. The van der Waals surface area contributed by atoms with Gasteiger partial charge < -0.3 is 4.90 Å². The highest BCUT2D eigenvalue weighted by molar-refractivity contribution is 5.90. The Morgan fingerprint density at radius 2 is 2.11 bits per heavy atom. The molecule has 5 nitrogen and oxygen atoms in total. The molecule has 2 aliphatic rings. The molecule has 19 heavy (non-hydrogen) atoms. The van der Waals surface area contributed by atoms with Crippen molar-refractivity contribution in [1.82, 2.24) is 20.1 Å². The fourth-order valence-corrected chi connectivity index (χ4v) is 3.55. The van der Waals surface area contributed by atoms with Crippen LogP contribution in [0.1, 0.15) is 61.9 Å². The smallest absolute Gasteiger partial charge is 0.293 e. The Labute approximate surface area is 113 Å². The molecule has 1 atom stereocenters. The van der Waals surface area contributed by atoms with Gasteiger partial charge in [0, 0.05) is 19.0 Å². The van der Waals surface area contributed by atoms with Crippen LogP contribution < -0.4 is 0 Å². The van der Waals surface area contributed by atoms with Gasteiger partial charge in [0.05, 0.1) is 0 Å². The average Bonchev–Trinajstić information content (AvgIpc) is 3.16. The number of aryl methyl sites for hydroxylation is 1. The van der Waals surface area contributed by atoms with E-state index < -0.39 is 0 Å². The van der Waals surface area contributed by atoms with Crippen LogP contribution >= 0.6 is 0 Å². The maximum absolute atomic E-state index is 12.5. The standard InChI is InChI=1S/C14H22N4O/c1-2-12-15-13(17-16-12)14(19)18-9-5-8-11(18)10-6-3-4-7-10/h10-11H,2-9H2,1H3,(H,15,16,17). The first-order valence-electron chi connectivity index (χ1n) is 7.52. The van der Waals surface area contributed by atoms with E-state index >= 15 is 0 Å². The molecule has 0 radical (unpaired) electrons. The molecule has 0 spiro atoms. The van der Waals surface area contributed by atoms with E-state index in [0.29, 0.717) is 17.8 Å². The molecular weight excluding hydrogens is 240 g/mol. The number of carbonyl (C=O) groups is 1. The molecule has 1 N–H and O–H groups in total. The minimum Gasteiger partial charge on any atom is -0.333 e. The van der Waals surface area contributed by atoms with E-state index in [4.69, 9.17) is 0 Å². The summed E-state index contributed by atoms with van der Waals surface area (Å²) >= 11 is 0. The first-order valence-corrected chi connectivity index (χ1v) is 7.52. The zero-order valence-corrected chi connectivity index (χ0v) is 11.6. The van der Waals surface area contributed by atoms with E-state index in [0.717, 1.165) is 31.6 Å². The lowest BCUT2D eigenvalue weighted by Gasteiger charge is -2.28. The van der Waals surface area contributed by atoms with E-state index in [-0.39, 0.29) is 5.91 Å². The second kappa shape index (κ2) is 5.31. The molecular formula is C14H22N4O. The van der Waals surface area contributed by atoms with Crippen molar-refractivity contribution in [3.8, 4) is 0 Å². The van der Waals surface area contributed by atoms with E-state index in [1.165, 1.54) is 25.7 Å². The Morgan fingerprint density at radius 1 is 1.32 bits per heavy atom. The maximum Gasteiger partial charge on any atom is 0.293 e. The molecule has 0 aromatic carbocycles. The summed E-state index contributed by atoms with van der Waals surface area (Å²) in [4.78, 5) is 18.8. The van der Waals surface area contributed by atoms with E-state index in [1.807, 2.05) is 11.8 Å². The number of aromatic nitrogens is 3. The Morgan fingerprint density at radius 3 is 2.79 bits per heavy atom. The minimum atomic E-state index is 0.0188. The SMILES string of the molecule is CCc1nc(C(=O)N2CCCC2C2CCCC2)n[nH]1. The van der Waals surface area contributed by atoms with Gasteiger partial charge in [-0.1, -0.05) is 19.8 Å². The summed E-state index contributed by atoms with van der Waals surface area (Å²) in [5, 5.41) is 6.90. The number of nitrogens with zero attached hydrogens (tertiary/aromatic N) is 3. The Kier molecular flexibility index (Phi) is 3.53. The third-order valence-electron chi connectivity index (χ3n) is 4.56. The van der Waals surface area contributed by atoms with Crippen LogP contribution in [0.25, 0.3) is 0 Å². The minimum absolute atomic E-state index is 0.0188. The molecule has 1 amide bonds. The molecule has 1 aliphatic carbocycles. The lowest BCUT2D eigenvalue weighted by atomic mass is 9.96. The van der Waals surface area contributed by atoms with Gasteiger partial charge in [0.15, 0.2) is 0 Å². The van der Waals surface area contributed by atoms with Crippen molar-refractivity contribution in [3.63, 3.8) is 0 Å². The second-order valence-corrected chi connectivity index (χ2v) is 5.71. The third kappa shape index (κ3) is 2.38. The van der Waals surface area contributed by atoms with Crippen LogP contribution in [0.4, 0.5) is 0 Å². The van der Waals surface area contributed by atoms with Gasteiger partial charge in [-0.05, 0) is 31.6 Å². The molecule has 1 aromatic heterocycles. The van der Waals surface area contributed by atoms with Gasteiger partial charge in [-0.15, -0.1) is 5.10 Å². The zero-order valence-electron chi connectivity index (χ0n) is 11.6. The summed E-state index contributed by atoms with van der Waals surface area (Å²) in [6.07, 6.45) is 8.27. The van der Waals surface area contributed by atoms with Gasteiger partial charge in [-0.3, -0.25) is 9.89 Å². The van der Waals surface area contributed by atoms with Gasteiger partial charge >= 0.3 is 0 Å². The number of aromatic amines is 1. The summed E-state index contributed by atoms with van der Waals surface area (Å²) in [5.74, 6) is 1.86. The van der Waals surface area contributed by atoms with Crippen molar-refractivity contribution in [2.24, 2.45) is 5.92 Å². The Hall–Kier alpha value is -1.39. The zero-order chi connectivity index (χ0) is 13.2. The normalized spacial score (nSPS) is 24.3. The second-order valence-electron chi connectivity index (χ2n) is 5.71. The molecule has 5 heteroatoms. The summed E-state index contributed by atoms with van der Waals surface area (Å²) in [5.41, 5.74) is 0. The van der Waals surface area contributed by atoms with Crippen LogP contribution in [0, 0.1) is 5.92 Å². The van der Waals surface area contributed by atoms with Crippen LogP contribution in [0.2, 0.25) is 0 Å². The van der Waals surface area contributed by atoms with Crippen molar-refractivity contribution in [1.29, 1.82) is 0 Å². The summed E-state index contributed by atoms with van der Waals surface area (Å²) < 4.78 is 0. The first kappa shape index (κ1) is 12.6. The topological polar surface area (TPSA) is 61.9 Å². The number of rotatable bonds is 3. The number of amides is 1. The highest BCUT2D eigenvalue weighted by atomic mass is 16.2.